The standard InChI is InChI=1S/C24H30FN3O/c1-17-13-22(28-12-10-19(16-28)15-27-11-4-5-18(27)2)8-9-23(17)26-24(29)20-6-3-7-21(25)14-20/h3,6-9,13-14,18-19H,4-5,10-12,15-16H2,1-2H3,(H,26,29)/t18-,19+/m0/s1. The van der Waals surface area contributed by atoms with Gasteiger partial charge < -0.3 is 15.1 Å². The number of halogens is 1. The Morgan fingerprint density at radius 1 is 1.17 bits per heavy atom. The summed E-state index contributed by atoms with van der Waals surface area (Å²) in [5.74, 6) is 0.0289. The third-order valence-electron chi connectivity index (χ3n) is 6.38. The summed E-state index contributed by atoms with van der Waals surface area (Å²) in [5, 5.41) is 2.90. The molecule has 0 radical (unpaired) electrons. The van der Waals surface area contributed by atoms with E-state index in [0.717, 1.165) is 36.3 Å². The first kappa shape index (κ1) is 19.9. The molecule has 0 spiro atoms. The van der Waals surface area contributed by atoms with Gasteiger partial charge in [-0.25, -0.2) is 4.39 Å². The molecule has 2 aromatic rings. The Bertz CT molecular complexity index is 884. The van der Waals surface area contributed by atoms with Gasteiger partial charge >= 0.3 is 0 Å². The van der Waals surface area contributed by atoms with Crippen LogP contribution in [0.25, 0.3) is 0 Å². The number of likely N-dealkylation sites (tertiary alicyclic amines) is 1. The number of nitrogens with one attached hydrogen (secondary N) is 1. The highest BCUT2D eigenvalue weighted by atomic mass is 19.1. The summed E-state index contributed by atoms with van der Waals surface area (Å²) in [5.41, 5.74) is 3.32. The second kappa shape index (κ2) is 8.54. The van der Waals surface area contributed by atoms with Crippen molar-refractivity contribution in [2.75, 3.05) is 36.4 Å². The maximum Gasteiger partial charge on any atom is 0.255 e. The lowest BCUT2D eigenvalue weighted by atomic mass is 10.1. The number of amides is 1. The largest absolute Gasteiger partial charge is 0.371 e. The molecule has 0 unspecified atom stereocenters. The normalized spacial score (nSPS) is 22.2. The van der Waals surface area contributed by atoms with Crippen molar-refractivity contribution in [1.29, 1.82) is 0 Å². The molecule has 2 aromatic carbocycles. The summed E-state index contributed by atoms with van der Waals surface area (Å²) in [6.45, 7) is 8.98. The van der Waals surface area contributed by atoms with Crippen LogP contribution in [0.2, 0.25) is 0 Å². The third kappa shape index (κ3) is 4.61. The van der Waals surface area contributed by atoms with Crippen LogP contribution in [0.5, 0.6) is 0 Å². The molecule has 0 aromatic heterocycles. The van der Waals surface area contributed by atoms with Gasteiger partial charge in [-0.3, -0.25) is 4.79 Å². The molecule has 0 aliphatic carbocycles. The van der Waals surface area contributed by atoms with E-state index >= 15 is 0 Å². The molecule has 2 heterocycles. The quantitative estimate of drug-likeness (QED) is 0.797. The topological polar surface area (TPSA) is 35.6 Å². The van der Waals surface area contributed by atoms with E-state index in [1.807, 2.05) is 13.0 Å². The highest BCUT2D eigenvalue weighted by Gasteiger charge is 2.28. The minimum atomic E-state index is -0.406. The van der Waals surface area contributed by atoms with Gasteiger partial charge in [0, 0.05) is 42.6 Å². The molecule has 1 amide bonds. The zero-order valence-corrected chi connectivity index (χ0v) is 17.3. The van der Waals surface area contributed by atoms with E-state index in [2.05, 4.69) is 34.2 Å². The molecular weight excluding hydrogens is 365 g/mol. The third-order valence-corrected chi connectivity index (χ3v) is 6.38. The number of hydrogen-bond donors (Lipinski definition) is 1. The smallest absolute Gasteiger partial charge is 0.255 e. The van der Waals surface area contributed by atoms with Gasteiger partial charge in [0.05, 0.1) is 0 Å². The van der Waals surface area contributed by atoms with Crippen molar-refractivity contribution in [2.45, 2.75) is 39.2 Å². The first-order valence-corrected chi connectivity index (χ1v) is 10.7. The number of aryl methyl sites for hydroxylation is 1. The van der Waals surface area contributed by atoms with Crippen LogP contribution < -0.4 is 10.2 Å². The predicted molar refractivity (Wildman–Crippen MR) is 116 cm³/mol. The lowest BCUT2D eigenvalue weighted by Gasteiger charge is -2.25. The fourth-order valence-corrected chi connectivity index (χ4v) is 4.62. The van der Waals surface area contributed by atoms with E-state index in [4.69, 9.17) is 0 Å². The molecule has 29 heavy (non-hydrogen) atoms. The van der Waals surface area contributed by atoms with Gasteiger partial charge in [-0.05, 0) is 87.5 Å². The van der Waals surface area contributed by atoms with Gasteiger partial charge in [-0.1, -0.05) is 6.07 Å². The fraction of sp³-hybridized carbons (Fsp3) is 0.458. The maximum atomic E-state index is 13.4. The summed E-state index contributed by atoms with van der Waals surface area (Å²) in [6, 6.07) is 12.7. The predicted octanol–water partition coefficient (Wildman–Crippen LogP) is 4.70. The summed E-state index contributed by atoms with van der Waals surface area (Å²) in [6.07, 6.45) is 3.90. The second-order valence-corrected chi connectivity index (χ2v) is 8.55. The van der Waals surface area contributed by atoms with Crippen LogP contribution in [0.4, 0.5) is 15.8 Å². The summed E-state index contributed by atoms with van der Waals surface area (Å²) < 4.78 is 13.4. The molecule has 0 saturated carbocycles. The Hall–Kier alpha value is -2.40. The SMILES string of the molecule is Cc1cc(N2CC[C@H](CN3CCC[C@@H]3C)C2)ccc1NC(=O)c1cccc(F)c1. The van der Waals surface area contributed by atoms with E-state index in [1.165, 1.54) is 50.2 Å². The average Bonchev–Trinajstić information content (AvgIpc) is 3.33. The van der Waals surface area contributed by atoms with Crippen LogP contribution in [-0.2, 0) is 0 Å². The highest BCUT2D eigenvalue weighted by molar-refractivity contribution is 6.04. The summed E-state index contributed by atoms with van der Waals surface area (Å²) in [4.78, 5) is 17.5. The zero-order valence-electron chi connectivity index (χ0n) is 17.3. The Kier molecular flexibility index (Phi) is 5.86. The average molecular weight is 396 g/mol. The molecular formula is C24H30FN3O. The minimum absolute atomic E-state index is 0.290. The van der Waals surface area contributed by atoms with Crippen LogP contribution >= 0.6 is 0 Å². The lowest BCUT2D eigenvalue weighted by Crippen LogP contribution is -2.33. The molecule has 154 valence electrons. The van der Waals surface area contributed by atoms with Gasteiger partial charge in [0.15, 0.2) is 0 Å². The number of benzene rings is 2. The Morgan fingerprint density at radius 3 is 2.76 bits per heavy atom. The van der Waals surface area contributed by atoms with Crippen LogP contribution in [-0.4, -0.2) is 43.0 Å². The highest BCUT2D eigenvalue weighted by Crippen LogP contribution is 2.29. The molecule has 2 aliphatic heterocycles. The minimum Gasteiger partial charge on any atom is -0.371 e. The van der Waals surface area contributed by atoms with E-state index in [-0.39, 0.29) is 5.91 Å². The monoisotopic (exact) mass is 395 g/mol. The van der Waals surface area contributed by atoms with Crippen LogP contribution in [0, 0.1) is 18.7 Å². The molecule has 0 bridgehead atoms. The van der Waals surface area contributed by atoms with E-state index < -0.39 is 5.82 Å². The van der Waals surface area contributed by atoms with Crippen molar-refractivity contribution in [2.24, 2.45) is 5.92 Å². The first-order chi connectivity index (χ1) is 14.0. The Labute approximate surface area is 172 Å². The van der Waals surface area contributed by atoms with Gasteiger partial charge in [0.2, 0.25) is 0 Å². The van der Waals surface area contributed by atoms with Crippen LogP contribution in [0.3, 0.4) is 0 Å². The Balaban J connectivity index is 1.38. The van der Waals surface area contributed by atoms with Crippen molar-refractivity contribution >= 4 is 17.3 Å². The molecule has 5 heteroatoms. The van der Waals surface area contributed by atoms with Crippen molar-refractivity contribution in [3.8, 4) is 0 Å². The van der Waals surface area contributed by atoms with Gasteiger partial charge in [-0.2, -0.15) is 0 Å². The number of nitrogens with zero attached hydrogens (tertiary/aromatic N) is 2. The summed E-state index contributed by atoms with van der Waals surface area (Å²) >= 11 is 0. The van der Waals surface area contributed by atoms with E-state index in [1.54, 1.807) is 12.1 Å². The maximum absolute atomic E-state index is 13.4. The fourth-order valence-electron chi connectivity index (χ4n) is 4.62. The molecule has 2 atom stereocenters. The summed E-state index contributed by atoms with van der Waals surface area (Å²) in [7, 11) is 0. The second-order valence-electron chi connectivity index (χ2n) is 8.55. The Morgan fingerprint density at radius 2 is 2.03 bits per heavy atom. The van der Waals surface area contributed by atoms with Crippen molar-refractivity contribution in [1.82, 2.24) is 4.90 Å². The van der Waals surface area contributed by atoms with E-state index in [0.29, 0.717) is 5.56 Å². The number of anilines is 2. The van der Waals surface area contributed by atoms with Crippen molar-refractivity contribution in [3.05, 3.63) is 59.4 Å². The molecule has 4 nitrogen and oxygen atoms in total. The van der Waals surface area contributed by atoms with Crippen LogP contribution in [0.15, 0.2) is 42.5 Å². The van der Waals surface area contributed by atoms with Crippen LogP contribution in [0.1, 0.15) is 42.1 Å². The number of carbonyl (C=O) groups is 1. The van der Waals surface area contributed by atoms with Gasteiger partial charge in [0.25, 0.3) is 5.91 Å². The molecule has 2 saturated heterocycles. The van der Waals surface area contributed by atoms with E-state index in [9.17, 15) is 9.18 Å². The zero-order chi connectivity index (χ0) is 20.4. The lowest BCUT2D eigenvalue weighted by molar-refractivity contribution is 0.102. The molecule has 1 N–H and O–H groups in total. The first-order valence-electron chi connectivity index (χ1n) is 10.7. The number of hydrogen-bond acceptors (Lipinski definition) is 3. The molecule has 2 fully saturated rings. The van der Waals surface area contributed by atoms with Gasteiger partial charge in [0.1, 0.15) is 5.82 Å². The number of carbonyl (C=O) groups excluding carboxylic acids is 1. The van der Waals surface area contributed by atoms with Crippen molar-refractivity contribution in [3.63, 3.8) is 0 Å². The van der Waals surface area contributed by atoms with Gasteiger partial charge in [-0.15, -0.1) is 0 Å². The van der Waals surface area contributed by atoms with Crippen molar-refractivity contribution < 1.29 is 9.18 Å². The number of rotatable bonds is 5. The molecule has 4 rings (SSSR count). The molecule has 2 aliphatic rings.